The van der Waals surface area contributed by atoms with Gasteiger partial charge in [-0.25, -0.2) is 17.9 Å². The summed E-state index contributed by atoms with van der Waals surface area (Å²) >= 11 is 1.03. The lowest BCUT2D eigenvalue weighted by Gasteiger charge is -2.13. The minimum atomic E-state index is -3.89. The Morgan fingerprint density at radius 2 is 2.10 bits per heavy atom. The molecule has 0 saturated heterocycles. The fourth-order valence-electron chi connectivity index (χ4n) is 3.66. The van der Waals surface area contributed by atoms with Gasteiger partial charge in [-0.1, -0.05) is 18.9 Å². The van der Waals surface area contributed by atoms with Gasteiger partial charge in [-0.3, -0.25) is 9.67 Å². The van der Waals surface area contributed by atoms with E-state index in [9.17, 15) is 13.2 Å². The van der Waals surface area contributed by atoms with Gasteiger partial charge < -0.3 is 4.74 Å². The molecule has 0 atom stereocenters. The molecule has 0 unspecified atom stereocenters. The molecule has 3 aromatic heterocycles. The fourth-order valence-corrected chi connectivity index (χ4v) is 5.99. The molecule has 10 heteroatoms. The first-order valence-electron chi connectivity index (χ1n) is 9.65. The largest absolute Gasteiger partial charge is 0.465 e. The number of hydrogen-bond donors (Lipinski definition) is 1. The van der Waals surface area contributed by atoms with Crippen LogP contribution in [0.3, 0.4) is 0 Å². The van der Waals surface area contributed by atoms with Gasteiger partial charge in [0.25, 0.3) is 0 Å². The number of rotatable bonds is 7. The number of thiophene rings is 1. The zero-order valence-corrected chi connectivity index (χ0v) is 18.1. The van der Waals surface area contributed by atoms with E-state index in [1.165, 1.54) is 13.2 Å². The Balaban J connectivity index is 1.59. The second-order valence-electron chi connectivity index (χ2n) is 7.05. The van der Waals surface area contributed by atoms with Gasteiger partial charge in [0, 0.05) is 6.20 Å². The molecule has 0 spiro atoms. The van der Waals surface area contributed by atoms with E-state index < -0.39 is 16.0 Å². The lowest BCUT2D eigenvalue weighted by atomic mass is 10.2. The van der Waals surface area contributed by atoms with Gasteiger partial charge in [0.05, 0.1) is 36.8 Å². The molecule has 4 rings (SSSR count). The highest BCUT2D eigenvalue weighted by atomic mass is 32.2. The Morgan fingerprint density at radius 1 is 1.30 bits per heavy atom. The van der Waals surface area contributed by atoms with Crippen molar-refractivity contribution in [1.29, 1.82) is 0 Å². The average molecular weight is 447 g/mol. The molecule has 1 N–H and O–H groups in total. The van der Waals surface area contributed by atoms with Gasteiger partial charge in [-0.15, -0.1) is 11.3 Å². The van der Waals surface area contributed by atoms with Crippen LogP contribution >= 0.6 is 11.3 Å². The van der Waals surface area contributed by atoms with E-state index in [1.54, 1.807) is 11.6 Å². The third kappa shape index (κ3) is 4.16. The number of nitrogens with zero attached hydrogens (tertiary/aromatic N) is 3. The summed E-state index contributed by atoms with van der Waals surface area (Å²) in [6, 6.07) is 9.25. The number of pyridine rings is 1. The summed E-state index contributed by atoms with van der Waals surface area (Å²) in [5.41, 5.74) is 2.28. The summed E-state index contributed by atoms with van der Waals surface area (Å²) in [5, 5.41) is 6.24. The van der Waals surface area contributed by atoms with Gasteiger partial charge in [0.1, 0.15) is 9.77 Å². The number of esters is 1. The summed E-state index contributed by atoms with van der Waals surface area (Å²) in [6.45, 7) is 0.0122. The number of ether oxygens (including phenoxy) is 1. The van der Waals surface area contributed by atoms with Crippen molar-refractivity contribution in [2.24, 2.45) is 0 Å². The highest BCUT2D eigenvalue weighted by molar-refractivity contribution is 7.89. The first-order chi connectivity index (χ1) is 14.5. The third-order valence-electron chi connectivity index (χ3n) is 5.12. The van der Waals surface area contributed by atoms with E-state index in [4.69, 9.17) is 0 Å². The van der Waals surface area contributed by atoms with Gasteiger partial charge in [0.2, 0.25) is 10.0 Å². The van der Waals surface area contributed by atoms with Crippen molar-refractivity contribution in [3.63, 3.8) is 0 Å². The van der Waals surface area contributed by atoms with Crippen LogP contribution in [0.4, 0.5) is 0 Å². The van der Waals surface area contributed by atoms with Gasteiger partial charge in [0.15, 0.2) is 0 Å². The van der Waals surface area contributed by atoms with Crippen molar-refractivity contribution in [2.45, 2.75) is 43.2 Å². The Kier molecular flexibility index (Phi) is 5.98. The van der Waals surface area contributed by atoms with Crippen LogP contribution in [-0.2, 0) is 21.3 Å². The molecule has 1 aliphatic carbocycles. The lowest BCUT2D eigenvalue weighted by Crippen LogP contribution is -2.24. The Morgan fingerprint density at radius 3 is 2.80 bits per heavy atom. The number of methoxy groups -OCH3 is 1. The summed E-state index contributed by atoms with van der Waals surface area (Å²) in [7, 11) is -2.67. The highest BCUT2D eigenvalue weighted by Gasteiger charge is 2.26. The number of hydrogen-bond acceptors (Lipinski definition) is 7. The molecule has 3 heterocycles. The SMILES string of the molecule is COC(=O)c1sccc1S(=O)(=O)NCc1cc(-c2ccccn2)n(C2CCCC2)n1. The maximum absolute atomic E-state index is 12.8. The summed E-state index contributed by atoms with van der Waals surface area (Å²) in [6.07, 6.45) is 6.13. The Labute approximate surface area is 179 Å². The molecule has 3 aromatic rings. The molecule has 1 aliphatic rings. The smallest absolute Gasteiger partial charge is 0.349 e. The number of carbonyl (C=O) groups excluding carboxylic acids is 1. The van der Waals surface area contributed by atoms with E-state index in [0.29, 0.717) is 5.69 Å². The number of carbonyl (C=O) groups is 1. The average Bonchev–Trinajstić information content (AvgIpc) is 3.52. The number of nitrogens with one attached hydrogen (secondary N) is 1. The van der Waals surface area contributed by atoms with Crippen LogP contribution in [0.5, 0.6) is 0 Å². The maximum Gasteiger partial charge on any atom is 0.349 e. The third-order valence-corrected chi connectivity index (χ3v) is 7.58. The maximum atomic E-state index is 12.8. The van der Waals surface area contributed by atoms with Crippen LogP contribution < -0.4 is 4.72 Å². The van der Waals surface area contributed by atoms with E-state index >= 15 is 0 Å². The van der Waals surface area contributed by atoms with Crippen molar-refractivity contribution < 1.29 is 17.9 Å². The topological polar surface area (TPSA) is 103 Å². The van der Waals surface area contributed by atoms with Crippen molar-refractivity contribution in [3.8, 4) is 11.4 Å². The van der Waals surface area contributed by atoms with Crippen LogP contribution in [0.25, 0.3) is 11.4 Å². The van der Waals surface area contributed by atoms with Crippen molar-refractivity contribution >= 4 is 27.3 Å². The van der Waals surface area contributed by atoms with Crippen LogP contribution in [-0.4, -0.2) is 36.3 Å². The molecule has 1 fully saturated rings. The molecule has 0 amide bonds. The second kappa shape index (κ2) is 8.66. The van der Waals surface area contributed by atoms with E-state index in [0.717, 1.165) is 48.4 Å². The molecule has 0 aromatic carbocycles. The van der Waals surface area contributed by atoms with E-state index in [2.05, 4.69) is 19.5 Å². The molecule has 0 radical (unpaired) electrons. The van der Waals surface area contributed by atoms with Crippen LogP contribution in [0.2, 0.25) is 0 Å². The van der Waals surface area contributed by atoms with Crippen LogP contribution in [0, 0.1) is 0 Å². The van der Waals surface area contributed by atoms with Crippen LogP contribution in [0.15, 0.2) is 46.8 Å². The van der Waals surface area contributed by atoms with Crippen molar-refractivity contribution in [3.05, 3.63) is 52.5 Å². The second-order valence-corrected chi connectivity index (χ2v) is 9.70. The molecular weight excluding hydrogens is 424 g/mol. The van der Waals surface area contributed by atoms with Gasteiger partial charge in [-0.05, 0) is 42.5 Å². The first-order valence-corrected chi connectivity index (χ1v) is 12.0. The van der Waals surface area contributed by atoms with E-state index in [-0.39, 0.29) is 22.4 Å². The number of aromatic nitrogens is 3. The molecule has 30 heavy (non-hydrogen) atoms. The Bertz CT molecular complexity index is 1130. The predicted octanol–water partition coefficient (Wildman–Crippen LogP) is 3.39. The minimum absolute atomic E-state index is 0.0122. The van der Waals surface area contributed by atoms with Crippen molar-refractivity contribution in [2.75, 3.05) is 7.11 Å². The van der Waals surface area contributed by atoms with Gasteiger partial charge in [-0.2, -0.15) is 5.10 Å². The molecule has 1 saturated carbocycles. The quantitative estimate of drug-likeness (QED) is 0.558. The van der Waals surface area contributed by atoms with Crippen molar-refractivity contribution in [1.82, 2.24) is 19.5 Å². The zero-order valence-electron chi connectivity index (χ0n) is 16.4. The zero-order chi connectivity index (χ0) is 21.1. The molecule has 8 nitrogen and oxygen atoms in total. The molecule has 158 valence electrons. The molecular formula is C20H22N4O4S2. The lowest BCUT2D eigenvalue weighted by molar-refractivity contribution is 0.0602. The summed E-state index contributed by atoms with van der Waals surface area (Å²) in [5.74, 6) is -0.673. The standard InChI is InChI=1S/C20H22N4O4S2/c1-28-20(25)19-18(9-11-29-19)30(26,27)22-13-14-12-17(16-8-4-5-10-21-16)24(23-14)15-6-2-3-7-15/h4-5,8-12,15,22H,2-3,6-7,13H2,1H3. The molecule has 0 bridgehead atoms. The predicted molar refractivity (Wildman–Crippen MR) is 113 cm³/mol. The summed E-state index contributed by atoms with van der Waals surface area (Å²) in [4.78, 5) is 16.2. The van der Waals surface area contributed by atoms with Crippen LogP contribution in [0.1, 0.15) is 47.1 Å². The van der Waals surface area contributed by atoms with Gasteiger partial charge >= 0.3 is 5.97 Å². The monoisotopic (exact) mass is 446 g/mol. The number of sulfonamides is 1. The highest BCUT2D eigenvalue weighted by Crippen LogP contribution is 2.33. The minimum Gasteiger partial charge on any atom is -0.465 e. The first kappa shape index (κ1) is 20.7. The fraction of sp³-hybridized carbons (Fsp3) is 0.350. The van der Waals surface area contributed by atoms with E-state index in [1.807, 2.05) is 28.9 Å². The normalized spacial score (nSPS) is 14.8. The molecule has 0 aliphatic heterocycles. The Hall–Kier alpha value is -2.56. The summed E-state index contributed by atoms with van der Waals surface area (Å²) < 4.78 is 34.7.